The van der Waals surface area contributed by atoms with Gasteiger partial charge in [0.15, 0.2) is 5.96 Å². The third kappa shape index (κ3) is 5.71. The van der Waals surface area contributed by atoms with Gasteiger partial charge in [-0.2, -0.15) is 0 Å². The molecule has 1 aromatic heterocycles. The number of guanidine groups is 1. The van der Waals surface area contributed by atoms with Gasteiger partial charge in [0, 0.05) is 37.1 Å². The number of carbonyl (C=O) groups is 2. The number of H-pyrrole nitrogens is 1. The first-order chi connectivity index (χ1) is 12.9. The van der Waals surface area contributed by atoms with Crippen LogP contribution in [0.1, 0.15) is 18.4 Å². The number of hydrogen-bond donors (Lipinski definition) is 7. The van der Waals surface area contributed by atoms with Gasteiger partial charge in [-0.3, -0.25) is 15.0 Å². The zero-order valence-corrected chi connectivity index (χ0v) is 15.3. The lowest BCUT2D eigenvalue weighted by Gasteiger charge is -2.18. The number of hydrogen-bond acceptors (Lipinski definition) is 4. The monoisotopic (exact) mass is 373 g/mol. The molecule has 0 saturated carbocycles. The van der Waals surface area contributed by atoms with Crippen molar-refractivity contribution in [3.8, 4) is 0 Å². The highest BCUT2D eigenvalue weighted by atomic mass is 16.2. The topological polar surface area (TPSA) is 162 Å². The summed E-state index contributed by atoms with van der Waals surface area (Å²) in [7, 11) is 1.65. The highest BCUT2D eigenvalue weighted by molar-refractivity contribution is 5.90. The Hall–Kier alpha value is -3.07. The van der Waals surface area contributed by atoms with Gasteiger partial charge in [-0.1, -0.05) is 18.2 Å². The van der Waals surface area contributed by atoms with Crippen molar-refractivity contribution in [2.24, 2.45) is 11.5 Å². The van der Waals surface area contributed by atoms with Crippen LogP contribution in [0.4, 0.5) is 0 Å². The average molecular weight is 373 g/mol. The zero-order chi connectivity index (χ0) is 19.8. The normalized spacial score (nSPS) is 13.0. The van der Waals surface area contributed by atoms with Crippen LogP contribution in [-0.2, 0) is 16.0 Å². The van der Waals surface area contributed by atoms with Gasteiger partial charge in [0.1, 0.15) is 6.04 Å². The summed E-state index contributed by atoms with van der Waals surface area (Å²) in [6.45, 7) is 0.523. The van der Waals surface area contributed by atoms with Crippen LogP contribution in [0.5, 0.6) is 0 Å². The largest absolute Gasteiger partial charge is 0.368 e. The Morgan fingerprint density at radius 2 is 2.04 bits per heavy atom. The molecule has 9 heteroatoms. The quantitative estimate of drug-likeness (QED) is 0.179. The lowest BCUT2D eigenvalue weighted by molar-refractivity contribution is -0.128. The van der Waals surface area contributed by atoms with Gasteiger partial charge < -0.3 is 32.4 Å². The Morgan fingerprint density at radius 1 is 1.30 bits per heavy atom. The highest BCUT2D eigenvalue weighted by Crippen LogP contribution is 2.19. The number of carbonyl (C=O) groups excluding carboxylic acids is 2. The molecule has 0 radical (unpaired) electrons. The number of para-hydroxylation sites is 1. The van der Waals surface area contributed by atoms with Crippen molar-refractivity contribution in [3.05, 3.63) is 36.0 Å². The van der Waals surface area contributed by atoms with E-state index in [0.717, 1.165) is 16.5 Å². The number of primary amides is 1. The van der Waals surface area contributed by atoms with Crippen LogP contribution in [-0.4, -0.2) is 48.4 Å². The molecule has 146 valence electrons. The maximum atomic E-state index is 12.3. The van der Waals surface area contributed by atoms with E-state index in [4.69, 9.17) is 16.9 Å². The number of rotatable bonds is 9. The second-order valence-corrected chi connectivity index (χ2v) is 6.33. The number of nitrogens with one attached hydrogen (secondary N) is 5. The fourth-order valence-corrected chi connectivity index (χ4v) is 2.78. The molecular weight excluding hydrogens is 346 g/mol. The molecule has 0 saturated heterocycles. The van der Waals surface area contributed by atoms with Gasteiger partial charge >= 0.3 is 0 Å². The first-order valence-electron chi connectivity index (χ1n) is 8.82. The van der Waals surface area contributed by atoms with E-state index in [1.165, 1.54) is 0 Å². The van der Waals surface area contributed by atoms with Gasteiger partial charge in [-0.05, 0) is 24.5 Å². The van der Waals surface area contributed by atoms with E-state index in [-0.39, 0.29) is 5.96 Å². The molecule has 0 aliphatic carbocycles. The molecule has 1 aromatic carbocycles. The predicted molar refractivity (Wildman–Crippen MR) is 105 cm³/mol. The molecular formula is C18H27N7O2. The Bertz CT molecular complexity index is 802. The van der Waals surface area contributed by atoms with Crippen LogP contribution in [0.15, 0.2) is 30.5 Å². The Kier molecular flexibility index (Phi) is 7.18. The average Bonchev–Trinajstić information content (AvgIpc) is 3.07. The SMILES string of the molecule is CNC(=N)NCCC[C@H](N)C(=O)N[C@@H](Cc1c[nH]c2ccccc12)C(N)=O. The second-order valence-electron chi connectivity index (χ2n) is 6.33. The van der Waals surface area contributed by atoms with Crippen LogP contribution in [0.25, 0.3) is 10.9 Å². The van der Waals surface area contributed by atoms with E-state index < -0.39 is 23.9 Å². The Morgan fingerprint density at radius 3 is 2.74 bits per heavy atom. The van der Waals surface area contributed by atoms with Crippen molar-refractivity contribution >= 4 is 28.7 Å². The van der Waals surface area contributed by atoms with Crippen molar-refractivity contribution < 1.29 is 9.59 Å². The molecule has 2 rings (SSSR count). The van der Waals surface area contributed by atoms with Gasteiger partial charge in [-0.15, -0.1) is 0 Å². The van der Waals surface area contributed by atoms with Crippen LogP contribution in [0.3, 0.4) is 0 Å². The van der Waals surface area contributed by atoms with Crippen molar-refractivity contribution in [1.29, 1.82) is 5.41 Å². The molecule has 2 atom stereocenters. The summed E-state index contributed by atoms with van der Waals surface area (Å²) in [5.41, 5.74) is 13.2. The molecule has 2 amide bonds. The lowest BCUT2D eigenvalue weighted by atomic mass is 10.0. The van der Waals surface area contributed by atoms with E-state index in [1.807, 2.05) is 30.5 Å². The first kappa shape index (κ1) is 20.2. The summed E-state index contributed by atoms with van der Waals surface area (Å²) >= 11 is 0. The fraction of sp³-hybridized carbons (Fsp3) is 0.389. The van der Waals surface area contributed by atoms with E-state index in [0.29, 0.717) is 25.8 Å². The number of fused-ring (bicyclic) bond motifs is 1. The van der Waals surface area contributed by atoms with Crippen molar-refractivity contribution in [2.45, 2.75) is 31.3 Å². The van der Waals surface area contributed by atoms with E-state index in [1.54, 1.807) is 7.05 Å². The summed E-state index contributed by atoms with van der Waals surface area (Å²) in [5, 5.41) is 16.5. The zero-order valence-electron chi connectivity index (χ0n) is 15.3. The van der Waals surface area contributed by atoms with Gasteiger partial charge in [0.2, 0.25) is 11.8 Å². The number of nitrogens with two attached hydrogens (primary N) is 2. The van der Waals surface area contributed by atoms with Gasteiger partial charge in [0.25, 0.3) is 0 Å². The molecule has 0 fully saturated rings. The maximum absolute atomic E-state index is 12.3. The molecule has 27 heavy (non-hydrogen) atoms. The predicted octanol–water partition coefficient (Wildman–Crippen LogP) is -0.468. The number of aromatic nitrogens is 1. The standard InChI is InChI=1S/C18H27N7O2/c1-22-18(21)23-8-4-6-13(19)17(27)25-15(16(20)26)9-11-10-24-14-7-3-2-5-12(11)14/h2-3,5,7,10,13,15,24H,4,6,8-9,19H2,1H3,(H2,20,26)(H,25,27)(H3,21,22,23)/t13-,15-/m0/s1. The molecule has 1 heterocycles. The third-order valence-electron chi connectivity index (χ3n) is 4.34. The molecule has 2 aromatic rings. The van der Waals surface area contributed by atoms with Crippen LogP contribution >= 0.6 is 0 Å². The smallest absolute Gasteiger partial charge is 0.240 e. The minimum Gasteiger partial charge on any atom is -0.368 e. The molecule has 9 N–H and O–H groups in total. The lowest BCUT2D eigenvalue weighted by Crippen LogP contribution is -2.51. The summed E-state index contributed by atoms with van der Waals surface area (Å²) in [6, 6.07) is 6.13. The summed E-state index contributed by atoms with van der Waals surface area (Å²) in [5.74, 6) is -0.812. The number of aromatic amines is 1. The van der Waals surface area contributed by atoms with E-state index in [9.17, 15) is 9.59 Å². The van der Waals surface area contributed by atoms with Crippen molar-refractivity contribution in [3.63, 3.8) is 0 Å². The maximum Gasteiger partial charge on any atom is 0.240 e. The molecule has 0 aliphatic heterocycles. The highest BCUT2D eigenvalue weighted by Gasteiger charge is 2.23. The van der Waals surface area contributed by atoms with Gasteiger partial charge in [-0.25, -0.2) is 0 Å². The minimum absolute atomic E-state index is 0.209. The second kappa shape index (κ2) is 9.58. The third-order valence-corrected chi connectivity index (χ3v) is 4.34. The van der Waals surface area contributed by atoms with E-state index in [2.05, 4.69) is 20.9 Å². The minimum atomic E-state index is -0.835. The van der Waals surface area contributed by atoms with Crippen molar-refractivity contribution in [2.75, 3.05) is 13.6 Å². The summed E-state index contributed by atoms with van der Waals surface area (Å²) in [4.78, 5) is 27.2. The molecule has 0 unspecified atom stereocenters. The Balaban J connectivity index is 1.90. The number of benzene rings is 1. The van der Waals surface area contributed by atoms with Gasteiger partial charge in [0.05, 0.1) is 6.04 Å². The number of amides is 2. The molecule has 9 nitrogen and oxygen atoms in total. The van der Waals surface area contributed by atoms with Crippen LogP contribution < -0.4 is 27.4 Å². The summed E-state index contributed by atoms with van der Waals surface area (Å²) in [6.07, 6.45) is 3.14. The fourth-order valence-electron chi connectivity index (χ4n) is 2.78. The molecule has 0 aliphatic rings. The molecule has 0 spiro atoms. The van der Waals surface area contributed by atoms with Crippen LogP contribution in [0.2, 0.25) is 0 Å². The molecule has 0 bridgehead atoms. The van der Waals surface area contributed by atoms with E-state index >= 15 is 0 Å². The van der Waals surface area contributed by atoms with Crippen LogP contribution in [0, 0.1) is 5.41 Å². The Labute approximate surface area is 157 Å². The summed E-state index contributed by atoms with van der Waals surface area (Å²) < 4.78 is 0. The van der Waals surface area contributed by atoms with Crippen molar-refractivity contribution in [1.82, 2.24) is 20.9 Å². The first-order valence-corrected chi connectivity index (χ1v) is 8.82.